The summed E-state index contributed by atoms with van der Waals surface area (Å²) >= 11 is 0. The Morgan fingerprint density at radius 2 is 1.75 bits per heavy atom. The average Bonchev–Trinajstić information content (AvgIpc) is 2.56. The molecule has 0 aliphatic rings. The fourth-order valence-electron chi connectivity index (χ4n) is 2.09. The standard InChI is InChI=1S/C18H31N5O/c1-6-19-18(21-14-17(24)23(4)5)20-13-7-8-15-9-11-16(12-10-15)22(2)3/h9-12H,6-8,13-14H2,1-5H3,(H2,19,20,21). The lowest BCUT2D eigenvalue weighted by molar-refractivity contribution is -0.127. The van der Waals surface area contributed by atoms with E-state index in [4.69, 9.17) is 0 Å². The van der Waals surface area contributed by atoms with Gasteiger partial charge in [-0.2, -0.15) is 0 Å². The molecule has 1 aromatic rings. The van der Waals surface area contributed by atoms with Crippen LogP contribution in [0.3, 0.4) is 0 Å². The minimum Gasteiger partial charge on any atom is -0.378 e. The average molecular weight is 333 g/mol. The van der Waals surface area contributed by atoms with Crippen LogP contribution in [0, 0.1) is 0 Å². The van der Waals surface area contributed by atoms with E-state index in [1.54, 1.807) is 19.0 Å². The summed E-state index contributed by atoms with van der Waals surface area (Å²) < 4.78 is 0. The van der Waals surface area contributed by atoms with Gasteiger partial charge in [0, 0.05) is 47.0 Å². The van der Waals surface area contributed by atoms with Crippen molar-refractivity contribution in [1.29, 1.82) is 0 Å². The van der Waals surface area contributed by atoms with Gasteiger partial charge in [0.2, 0.25) is 5.91 Å². The fraction of sp³-hybridized carbons (Fsp3) is 0.556. The molecule has 24 heavy (non-hydrogen) atoms. The van der Waals surface area contributed by atoms with Crippen molar-refractivity contribution >= 4 is 17.6 Å². The zero-order valence-electron chi connectivity index (χ0n) is 15.6. The molecule has 6 heteroatoms. The summed E-state index contributed by atoms with van der Waals surface area (Å²) in [5, 5.41) is 6.43. The second-order valence-corrected chi connectivity index (χ2v) is 6.07. The number of nitrogens with zero attached hydrogens (tertiary/aromatic N) is 3. The van der Waals surface area contributed by atoms with E-state index in [-0.39, 0.29) is 12.5 Å². The van der Waals surface area contributed by atoms with Crippen molar-refractivity contribution in [3.63, 3.8) is 0 Å². The Balaban J connectivity index is 2.39. The molecule has 0 fully saturated rings. The summed E-state index contributed by atoms with van der Waals surface area (Å²) in [5.74, 6) is 0.684. The number of likely N-dealkylation sites (N-methyl/N-ethyl adjacent to an activating group) is 1. The highest BCUT2D eigenvalue weighted by Gasteiger charge is 2.04. The molecule has 0 aliphatic carbocycles. The molecule has 0 saturated carbocycles. The number of hydrogen-bond donors (Lipinski definition) is 2. The number of nitrogens with one attached hydrogen (secondary N) is 2. The Morgan fingerprint density at radius 3 is 2.29 bits per heavy atom. The van der Waals surface area contributed by atoms with E-state index < -0.39 is 0 Å². The lowest BCUT2D eigenvalue weighted by Gasteiger charge is -2.14. The molecule has 1 rings (SSSR count). The van der Waals surface area contributed by atoms with E-state index >= 15 is 0 Å². The summed E-state index contributed by atoms with van der Waals surface area (Å²) in [6, 6.07) is 8.62. The number of carbonyl (C=O) groups excluding carboxylic acids is 1. The number of rotatable bonds is 8. The monoisotopic (exact) mass is 333 g/mol. The molecular weight excluding hydrogens is 302 g/mol. The van der Waals surface area contributed by atoms with Crippen molar-refractivity contribution in [1.82, 2.24) is 15.5 Å². The summed E-state index contributed by atoms with van der Waals surface area (Å²) in [7, 11) is 7.56. The fourth-order valence-corrected chi connectivity index (χ4v) is 2.09. The number of carbonyl (C=O) groups is 1. The minimum atomic E-state index is -0.00631. The smallest absolute Gasteiger partial charge is 0.243 e. The Labute approximate surface area is 145 Å². The highest BCUT2D eigenvalue weighted by atomic mass is 16.2. The first kappa shape index (κ1) is 19.8. The molecule has 0 spiro atoms. The number of amides is 1. The van der Waals surface area contributed by atoms with Gasteiger partial charge in [-0.1, -0.05) is 12.1 Å². The quantitative estimate of drug-likeness (QED) is 0.428. The van der Waals surface area contributed by atoms with Crippen LogP contribution >= 0.6 is 0 Å². The molecule has 1 amide bonds. The summed E-state index contributed by atoms with van der Waals surface area (Å²) in [6.07, 6.45) is 2.02. The Hall–Kier alpha value is -2.24. The topological polar surface area (TPSA) is 60.0 Å². The van der Waals surface area contributed by atoms with Gasteiger partial charge in [-0.05, 0) is 37.5 Å². The second kappa shape index (κ2) is 10.5. The van der Waals surface area contributed by atoms with Gasteiger partial charge in [0.25, 0.3) is 0 Å². The number of benzene rings is 1. The van der Waals surface area contributed by atoms with Crippen LogP contribution in [0.15, 0.2) is 29.3 Å². The second-order valence-electron chi connectivity index (χ2n) is 6.07. The molecule has 1 aromatic carbocycles. The van der Waals surface area contributed by atoms with Crippen LogP contribution in [0.4, 0.5) is 5.69 Å². The van der Waals surface area contributed by atoms with Gasteiger partial charge >= 0.3 is 0 Å². The highest BCUT2D eigenvalue weighted by Crippen LogP contribution is 2.13. The molecule has 2 N–H and O–H groups in total. The first-order valence-corrected chi connectivity index (χ1v) is 8.42. The molecule has 0 atom stereocenters. The maximum absolute atomic E-state index is 11.6. The SMILES string of the molecule is CCNC(=NCC(=O)N(C)C)NCCCc1ccc(N(C)C)cc1. The summed E-state index contributed by atoms with van der Waals surface area (Å²) in [4.78, 5) is 19.6. The summed E-state index contributed by atoms with van der Waals surface area (Å²) in [5.41, 5.74) is 2.54. The van der Waals surface area contributed by atoms with Crippen molar-refractivity contribution in [2.24, 2.45) is 4.99 Å². The first-order chi connectivity index (χ1) is 11.4. The number of guanidine groups is 1. The molecule has 0 unspecified atom stereocenters. The number of hydrogen-bond acceptors (Lipinski definition) is 3. The third-order valence-electron chi connectivity index (χ3n) is 3.60. The molecule has 0 aliphatic heterocycles. The lowest BCUT2D eigenvalue weighted by atomic mass is 10.1. The van der Waals surface area contributed by atoms with Gasteiger partial charge in [0.1, 0.15) is 6.54 Å². The highest BCUT2D eigenvalue weighted by molar-refractivity contribution is 5.84. The molecule has 6 nitrogen and oxygen atoms in total. The lowest BCUT2D eigenvalue weighted by Crippen LogP contribution is -2.39. The van der Waals surface area contributed by atoms with Crippen molar-refractivity contribution < 1.29 is 4.79 Å². The van der Waals surface area contributed by atoms with E-state index in [1.807, 2.05) is 21.0 Å². The van der Waals surface area contributed by atoms with Crippen LogP contribution in [0.25, 0.3) is 0 Å². The van der Waals surface area contributed by atoms with Crippen LogP contribution in [0.2, 0.25) is 0 Å². The third kappa shape index (κ3) is 7.35. The number of aliphatic imine (C=N–C) groups is 1. The normalized spacial score (nSPS) is 11.1. The van der Waals surface area contributed by atoms with E-state index in [2.05, 4.69) is 44.8 Å². The molecule has 0 aromatic heterocycles. The van der Waals surface area contributed by atoms with Gasteiger partial charge < -0.3 is 20.4 Å². The molecular formula is C18H31N5O. The van der Waals surface area contributed by atoms with E-state index in [0.717, 1.165) is 25.9 Å². The van der Waals surface area contributed by atoms with Crippen molar-refractivity contribution in [3.8, 4) is 0 Å². The van der Waals surface area contributed by atoms with Gasteiger partial charge in [0.15, 0.2) is 5.96 Å². The maximum Gasteiger partial charge on any atom is 0.243 e. The predicted molar refractivity (Wildman–Crippen MR) is 102 cm³/mol. The molecule has 0 heterocycles. The largest absolute Gasteiger partial charge is 0.378 e. The van der Waals surface area contributed by atoms with Crippen LogP contribution in [-0.4, -0.2) is 64.6 Å². The van der Waals surface area contributed by atoms with Crippen LogP contribution in [-0.2, 0) is 11.2 Å². The van der Waals surface area contributed by atoms with Crippen LogP contribution in [0.1, 0.15) is 18.9 Å². The zero-order chi connectivity index (χ0) is 17.9. The molecule has 0 bridgehead atoms. The Kier molecular flexibility index (Phi) is 8.68. The van der Waals surface area contributed by atoms with E-state index in [9.17, 15) is 4.79 Å². The zero-order valence-corrected chi connectivity index (χ0v) is 15.6. The van der Waals surface area contributed by atoms with Gasteiger partial charge in [-0.3, -0.25) is 4.79 Å². The third-order valence-corrected chi connectivity index (χ3v) is 3.60. The van der Waals surface area contributed by atoms with Gasteiger partial charge in [0.05, 0.1) is 0 Å². The molecule has 0 saturated heterocycles. The number of anilines is 1. The van der Waals surface area contributed by atoms with E-state index in [0.29, 0.717) is 5.96 Å². The van der Waals surface area contributed by atoms with Crippen molar-refractivity contribution in [2.75, 3.05) is 52.7 Å². The van der Waals surface area contributed by atoms with Gasteiger partial charge in [-0.25, -0.2) is 4.99 Å². The maximum atomic E-state index is 11.6. The summed E-state index contributed by atoms with van der Waals surface area (Å²) in [6.45, 7) is 3.76. The van der Waals surface area contributed by atoms with Crippen LogP contribution < -0.4 is 15.5 Å². The minimum absolute atomic E-state index is 0.00631. The number of aryl methyl sites for hydroxylation is 1. The molecule has 0 radical (unpaired) electrons. The first-order valence-electron chi connectivity index (χ1n) is 8.42. The van der Waals surface area contributed by atoms with Crippen molar-refractivity contribution in [3.05, 3.63) is 29.8 Å². The predicted octanol–water partition coefficient (Wildman–Crippen LogP) is 1.33. The van der Waals surface area contributed by atoms with Gasteiger partial charge in [-0.15, -0.1) is 0 Å². The van der Waals surface area contributed by atoms with Crippen molar-refractivity contribution in [2.45, 2.75) is 19.8 Å². The van der Waals surface area contributed by atoms with Crippen LogP contribution in [0.5, 0.6) is 0 Å². The van der Waals surface area contributed by atoms with E-state index in [1.165, 1.54) is 11.3 Å². The molecule has 134 valence electrons. The Morgan fingerprint density at radius 1 is 1.08 bits per heavy atom. The Bertz CT molecular complexity index is 523.